The lowest BCUT2D eigenvalue weighted by molar-refractivity contribution is -0.135. The van der Waals surface area contributed by atoms with Crippen LogP contribution < -0.4 is 20.1 Å². The number of carbonyl (C=O) groups excluding carboxylic acids is 3. The fourth-order valence-electron chi connectivity index (χ4n) is 3.24. The van der Waals surface area contributed by atoms with Gasteiger partial charge < -0.3 is 20.1 Å². The quantitative estimate of drug-likeness (QED) is 0.672. The average molecular weight is 377 g/mol. The van der Waals surface area contributed by atoms with Crippen molar-refractivity contribution in [1.82, 2.24) is 15.5 Å². The van der Waals surface area contributed by atoms with Crippen LogP contribution >= 0.6 is 0 Å². The number of nitrogens with one attached hydrogen (secondary N) is 2. The Balaban J connectivity index is 1.96. The first kappa shape index (κ1) is 20.5. The Hall–Kier alpha value is -2.77. The summed E-state index contributed by atoms with van der Waals surface area (Å²) in [4.78, 5) is 37.9. The monoisotopic (exact) mass is 377 g/mol. The van der Waals surface area contributed by atoms with Crippen LogP contribution in [-0.2, 0) is 16.1 Å². The summed E-state index contributed by atoms with van der Waals surface area (Å²) in [7, 11) is 3.08. The minimum atomic E-state index is -0.963. The normalized spacial score (nSPS) is 19.3. The maximum absolute atomic E-state index is 12.6. The lowest BCUT2D eigenvalue weighted by atomic mass is 9.91. The second-order valence-electron chi connectivity index (χ2n) is 7.22. The molecule has 148 valence electrons. The van der Waals surface area contributed by atoms with Gasteiger partial charge in [0.25, 0.3) is 5.91 Å². The number of carbonyl (C=O) groups is 3. The number of amides is 4. The van der Waals surface area contributed by atoms with Crippen molar-refractivity contribution < 1.29 is 23.9 Å². The Morgan fingerprint density at radius 1 is 1.22 bits per heavy atom. The van der Waals surface area contributed by atoms with Crippen LogP contribution in [0.5, 0.6) is 11.5 Å². The van der Waals surface area contributed by atoms with Gasteiger partial charge in [0.1, 0.15) is 12.1 Å². The molecule has 1 aromatic rings. The molecule has 1 aromatic carbocycles. The molecule has 1 atom stereocenters. The Morgan fingerprint density at radius 2 is 1.89 bits per heavy atom. The first-order chi connectivity index (χ1) is 12.7. The molecule has 0 radical (unpaired) electrons. The van der Waals surface area contributed by atoms with Crippen molar-refractivity contribution in [3.8, 4) is 11.5 Å². The van der Waals surface area contributed by atoms with Crippen molar-refractivity contribution in [2.24, 2.45) is 5.92 Å². The van der Waals surface area contributed by atoms with Crippen LogP contribution in [0.2, 0.25) is 0 Å². The van der Waals surface area contributed by atoms with Crippen LogP contribution in [0.15, 0.2) is 18.2 Å². The summed E-state index contributed by atoms with van der Waals surface area (Å²) in [5.74, 6) is 0.599. The highest BCUT2D eigenvalue weighted by Crippen LogP contribution is 2.27. The highest BCUT2D eigenvalue weighted by atomic mass is 16.5. The van der Waals surface area contributed by atoms with Gasteiger partial charge in [-0.15, -0.1) is 0 Å². The highest BCUT2D eigenvalue weighted by Gasteiger charge is 2.48. The maximum Gasteiger partial charge on any atom is 0.325 e. The van der Waals surface area contributed by atoms with Crippen LogP contribution in [0.25, 0.3) is 0 Å². The molecule has 1 aliphatic heterocycles. The summed E-state index contributed by atoms with van der Waals surface area (Å²) in [6, 6.07) is 4.76. The molecular weight excluding hydrogens is 350 g/mol. The molecule has 0 saturated carbocycles. The molecule has 0 bridgehead atoms. The smallest absolute Gasteiger partial charge is 0.325 e. The predicted octanol–water partition coefficient (Wildman–Crippen LogP) is 1.68. The topological polar surface area (TPSA) is 97.0 Å². The fourth-order valence-corrected chi connectivity index (χ4v) is 3.24. The number of rotatable bonds is 8. The van der Waals surface area contributed by atoms with Gasteiger partial charge in [0.05, 0.1) is 14.2 Å². The van der Waals surface area contributed by atoms with E-state index in [1.54, 1.807) is 32.2 Å². The number of ether oxygens (including phenoxy) is 2. The van der Waals surface area contributed by atoms with Gasteiger partial charge in [-0.05, 0) is 37.0 Å². The molecular formula is C19H27N3O5. The van der Waals surface area contributed by atoms with E-state index in [0.717, 1.165) is 10.5 Å². The van der Waals surface area contributed by atoms with E-state index in [4.69, 9.17) is 9.47 Å². The number of hydrogen-bond donors (Lipinski definition) is 2. The van der Waals surface area contributed by atoms with Gasteiger partial charge in [0.15, 0.2) is 11.5 Å². The molecule has 0 spiro atoms. The molecule has 1 saturated heterocycles. The minimum Gasteiger partial charge on any atom is -0.493 e. The number of imide groups is 1. The lowest BCUT2D eigenvalue weighted by Gasteiger charge is -2.23. The summed E-state index contributed by atoms with van der Waals surface area (Å²) in [6.45, 7) is 5.57. The summed E-state index contributed by atoms with van der Waals surface area (Å²) in [5.41, 5.74) is -0.155. The molecule has 1 aliphatic rings. The van der Waals surface area contributed by atoms with Gasteiger partial charge >= 0.3 is 6.03 Å². The first-order valence-electron chi connectivity index (χ1n) is 8.82. The number of methoxy groups -OCH3 is 2. The molecule has 27 heavy (non-hydrogen) atoms. The molecule has 0 aliphatic carbocycles. The summed E-state index contributed by atoms with van der Waals surface area (Å²) in [6.07, 6.45) is 0.515. The van der Waals surface area contributed by atoms with E-state index >= 15 is 0 Å². The van der Waals surface area contributed by atoms with E-state index < -0.39 is 17.5 Å². The zero-order valence-electron chi connectivity index (χ0n) is 16.4. The molecule has 8 heteroatoms. The second kappa shape index (κ2) is 8.28. The Bertz CT molecular complexity index is 734. The minimum absolute atomic E-state index is 0.234. The van der Waals surface area contributed by atoms with E-state index in [9.17, 15) is 14.4 Å². The standard InChI is InChI=1S/C19H27N3O5/c1-12(2)9-19(3)17(24)22(18(25)21-19)11-16(23)20-10-13-6-7-14(26-4)15(8-13)27-5/h6-8,12H,9-11H2,1-5H3,(H,20,23)(H,21,25)/t19-/m0/s1. The highest BCUT2D eigenvalue weighted by molar-refractivity contribution is 6.08. The summed E-state index contributed by atoms with van der Waals surface area (Å²) < 4.78 is 10.4. The van der Waals surface area contributed by atoms with Gasteiger partial charge in [-0.2, -0.15) is 0 Å². The second-order valence-corrected chi connectivity index (χ2v) is 7.22. The van der Waals surface area contributed by atoms with Gasteiger partial charge in [-0.25, -0.2) is 4.79 Å². The van der Waals surface area contributed by atoms with Gasteiger partial charge in [-0.3, -0.25) is 14.5 Å². The molecule has 4 amide bonds. The number of nitrogens with zero attached hydrogens (tertiary/aromatic N) is 1. The Morgan fingerprint density at radius 3 is 2.48 bits per heavy atom. The zero-order valence-corrected chi connectivity index (χ0v) is 16.4. The number of urea groups is 1. The predicted molar refractivity (Wildman–Crippen MR) is 99.5 cm³/mol. The first-order valence-corrected chi connectivity index (χ1v) is 8.82. The van der Waals surface area contributed by atoms with Crippen molar-refractivity contribution >= 4 is 17.8 Å². The molecule has 2 rings (SSSR count). The Labute approximate surface area is 159 Å². The van der Waals surface area contributed by atoms with E-state index in [1.807, 2.05) is 13.8 Å². The third-order valence-corrected chi connectivity index (χ3v) is 4.40. The van der Waals surface area contributed by atoms with E-state index in [1.165, 1.54) is 7.11 Å². The SMILES string of the molecule is COc1ccc(CNC(=O)CN2C(=O)N[C@@](C)(CC(C)C)C2=O)cc1OC. The molecule has 8 nitrogen and oxygen atoms in total. The zero-order chi connectivity index (χ0) is 20.2. The third-order valence-electron chi connectivity index (χ3n) is 4.40. The molecule has 1 heterocycles. The molecule has 0 aromatic heterocycles. The van der Waals surface area contributed by atoms with Crippen molar-refractivity contribution in [2.75, 3.05) is 20.8 Å². The number of hydrogen-bond acceptors (Lipinski definition) is 5. The molecule has 0 unspecified atom stereocenters. The summed E-state index contributed by atoms with van der Waals surface area (Å²) >= 11 is 0. The van der Waals surface area contributed by atoms with Crippen LogP contribution in [-0.4, -0.2) is 49.0 Å². The van der Waals surface area contributed by atoms with Gasteiger partial charge in [0, 0.05) is 6.54 Å². The van der Waals surface area contributed by atoms with Crippen LogP contribution in [0.4, 0.5) is 4.79 Å². The van der Waals surface area contributed by atoms with E-state index in [2.05, 4.69) is 10.6 Å². The van der Waals surface area contributed by atoms with Gasteiger partial charge in [-0.1, -0.05) is 19.9 Å². The van der Waals surface area contributed by atoms with Crippen molar-refractivity contribution in [3.63, 3.8) is 0 Å². The molecule has 1 fully saturated rings. The largest absolute Gasteiger partial charge is 0.493 e. The van der Waals surface area contributed by atoms with Crippen LogP contribution in [0.1, 0.15) is 32.8 Å². The fraction of sp³-hybridized carbons (Fsp3) is 0.526. The maximum atomic E-state index is 12.6. The van der Waals surface area contributed by atoms with Crippen LogP contribution in [0.3, 0.4) is 0 Å². The summed E-state index contributed by atoms with van der Waals surface area (Å²) in [5, 5.41) is 5.41. The average Bonchev–Trinajstić information content (AvgIpc) is 2.81. The lowest BCUT2D eigenvalue weighted by Crippen LogP contribution is -2.46. The van der Waals surface area contributed by atoms with Crippen molar-refractivity contribution in [2.45, 2.75) is 39.3 Å². The number of benzene rings is 1. The van der Waals surface area contributed by atoms with Gasteiger partial charge in [0.2, 0.25) is 5.91 Å². The van der Waals surface area contributed by atoms with Crippen molar-refractivity contribution in [3.05, 3.63) is 23.8 Å². The van der Waals surface area contributed by atoms with Crippen LogP contribution in [0, 0.1) is 5.92 Å². The van der Waals surface area contributed by atoms with E-state index in [-0.39, 0.29) is 24.9 Å². The van der Waals surface area contributed by atoms with E-state index in [0.29, 0.717) is 17.9 Å². The third kappa shape index (κ3) is 4.69. The van der Waals surface area contributed by atoms with Crippen molar-refractivity contribution in [1.29, 1.82) is 0 Å². The Kier molecular flexibility index (Phi) is 6.30. The molecule has 2 N–H and O–H groups in total.